The number of benzene rings is 1. The molecule has 3 N–H and O–H groups in total. The van der Waals surface area contributed by atoms with Crippen molar-refractivity contribution >= 4 is 24.0 Å². The summed E-state index contributed by atoms with van der Waals surface area (Å²) in [4.78, 5) is 12.0. The summed E-state index contributed by atoms with van der Waals surface area (Å²) >= 11 is 0. The van der Waals surface area contributed by atoms with Crippen molar-refractivity contribution in [3.05, 3.63) is 29.8 Å². The fraction of sp³-hybridized carbons (Fsp3) is 0.611. The van der Waals surface area contributed by atoms with Gasteiger partial charge in [0.2, 0.25) is 5.91 Å². The molecule has 3 nitrogen and oxygen atoms in total. The lowest BCUT2D eigenvalue weighted by molar-refractivity contribution is -0.121. The standard InChI is InChI=1S/C18H30N2O.ClH/c1-3-5-9-15(8-4-2)14-20-18(21)13-12-16-10-6-7-11-17(16)19;/h6-7,10-11,15H,3-5,8-9,12-14,19H2,1-2H3,(H,20,21);1H. The molecule has 22 heavy (non-hydrogen) atoms. The van der Waals surface area contributed by atoms with Gasteiger partial charge in [-0.2, -0.15) is 0 Å². The Balaban J connectivity index is 0.00000441. The van der Waals surface area contributed by atoms with Gasteiger partial charge in [-0.3, -0.25) is 4.79 Å². The highest BCUT2D eigenvalue weighted by molar-refractivity contribution is 5.85. The quantitative estimate of drug-likeness (QED) is 0.628. The first kappa shape index (κ1) is 20.8. The van der Waals surface area contributed by atoms with Crippen molar-refractivity contribution in [1.82, 2.24) is 5.32 Å². The number of amides is 1. The number of nitrogen functional groups attached to an aromatic ring is 1. The number of unbranched alkanes of at least 4 members (excludes halogenated alkanes) is 1. The van der Waals surface area contributed by atoms with E-state index in [9.17, 15) is 4.79 Å². The molecular weight excluding hydrogens is 296 g/mol. The van der Waals surface area contributed by atoms with Crippen LogP contribution in [0.15, 0.2) is 24.3 Å². The number of hydrogen-bond donors (Lipinski definition) is 2. The number of nitrogens with one attached hydrogen (secondary N) is 1. The van der Waals surface area contributed by atoms with Crippen LogP contribution in [-0.4, -0.2) is 12.5 Å². The van der Waals surface area contributed by atoms with Gasteiger partial charge in [0.1, 0.15) is 0 Å². The van der Waals surface area contributed by atoms with Crippen LogP contribution in [0.4, 0.5) is 5.69 Å². The van der Waals surface area contributed by atoms with Gasteiger partial charge in [-0.1, -0.05) is 51.3 Å². The highest BCUT2D eigenvalue weighted by Gasteiger charge is 2.10. The molecule has 126 valence electrons. The minimum Gasteiger partial charge on any atom is -0.399 e. The monoisotopic (exact) mass is 326 g/mol. The second kappa shape index (κ2) is 12.3. The molecule has 1 amide bonds. The Kier molecular flexibility index (Phi) is 11.7. The lowest BCUT2D eigenvalue weighted by Gasteiger charge is -2.16. The molecule has 0 fully saturated rings. The van der Waals surface area contributed by atoms with E-state index in [2.05, 4.69) is 19.2 Å². The van der Waals surface area contributed by atoms with Crippen molar-refractivity contribution in [1.29, 1.82) is 0 Å². The van der Waals surface area contributed by atoms with E-state index in [-0.39, 0.29) is 18.3 Å². The van der Waals surface area contributed by atoms with Gasteiger partial charge in [0.25, 0.3) is 0 Å². The molecule has 1 aromatic rings. The van der Waals surface area contributed by atoms with Crippen molar-refractivity contribution in [3.63, 3.8) is 0 Å². The predicted octanol–water partition coefficient (Wildman–Crippen LogP) is 4.35. The summed E-state index contributed by atoms with van der Waals surface area (Å²) in [6, 6.07) is 7.76. The van der Waals surface area contributed by atoms with Crippen molar-refractivity contribution < 1.29 is 4.79 Å². The van der Waals surface area contributed by atoms with E-state index in [0.29, 0.717) is 18.8 Å². The van der Waals surface area contributed by atoms with E-state index in [1.807, 2.05) is 24.3 Å². The zero-order chi connectivity index (χ0) is 15.5. The minimum atomic E-state index is 0. The molecule has 0 saturated heterocycles. The Bertz CT molecular complexity index is 423. The van der Waals surface area contributed by atoms with Crippen LogP contribution in [0.5, 0.6) is 0 Å². The van der Waals surface area contributed by atoms with E-state index in [1.54, 1.807) is 0 Å². The van der Waals surface area contributed by atoms with Gasteiger partial charge >= 0.3 is 0 Å². The third-order valence-electron chi connectivity index (χ3n) is 3.93. The molecule has 0 saturated carbocycles. The van der Waals surface area contributed by atoms with Crippen LogP contribution in [0, 0.1) is 5.92 Å². The fourth-order valence-electron chi connectivity index (χ4n) is 2.61. The van der Waals surface area contributed by atoms with Crippen LogP contribution < -0.4 is 11.1 Å². The van der Waals surface area contributed by atoms with Crippen LogP contribution in [0.2, 0.25) is 0 Å². The first-order valence-corrected chi connectivity index (χ1v) is 8.27. The van der Waals surface area contributed by atoms with E-state index >= 15 is 0 Å². The maximum absolute atomic E-state index is 12.0. The largest absolute Gasteiger partial charge is 0.399 e. The van der Waals surface area contributed by atoms with E-state index < -0.39 is 0 Å². The number of carbonyl (C=O) groups excluding carboxylic acids is 1. The van der Waals surface area contributed by atoms with Crippen molar-refractivity contribution in [2.24, 2.45) is 5.92 Å². The molecule has 1 aromatic carbocycles. The molecule has 1 atom stereocenters. The van der Waals surface area contributed by atoms with Gasteiger partial charge < -0.3 is 11.1 Å². The zero-order valence-electron chi connectivity index (χ0n) is 13.9. The van der Waals surface area contributed by atoms with Gasteiger partial charge in [-0.05, 0) is 36.8 Å². The van der Waals surface area contributed by atoms with E-state index in [0.717, 1.165) is 17.8 Å². The topological polar surface area (TPSA) is 55.1 Å². The normalized spacial score (nSPS) is 11.5. The molecule has 0 heterocycles. The maximum atomic E-state index is 12.0. The summed E-state index contributed by atoms with van der Waals surface area (Å²) in [6.45, 7) is 5.24. The molecule has 0 aliphatic rings. The van der Waals surface area contributed by atoms with Gasteiger partial charge in [-0.25, -0.2) is 0 Å². The second-order valence-electron chi connectivity index (χ2n) is 5.80. The molecule has 0 aliphatic carbocycles. The van der Waals surface area contributed by atoms with Gasteiger partial charge in [-0.15, -0.1) is 12.4 Å². The highest BCUT2D eigenvalue weighted by atomic mass is 35.5. The number of carbonyl (C=O) groups is 1. The molecule has 0 aliphatic heterocycles. The number of para-hydroxylation sites is 1. The van der Waals surface area contributed by atoms with Crippen molar-refractivity contribution in [3.8, 4) is 0 Å². The molecule has 4 heteroatoms. The second-order valence-corrected chi connectivity index (χ2v) is 5.80. The average molecular weight is 327 g/mol. The molecule has 0 spiro atoms. The third kappa shape index (κ3) is 8.28. The average Bonchev–Trinajstić information content (AvgIpc) is 2.49. The molecule has 1 unspecified atom stereocenters. The molecular formula is C18H31ClN2O. The number of nitrogens with two attached hydrogens (primary N) is 1. The Morgan fingerprint density at radius 1 is 1.18 bits per heavy atom. The Hall–Kier alpha value is -1.22. The first-order valence-electron chi connectivity index (χ1n) is 8.27. The third-order valence-corrected chi connectivity index (χ3v) is 3.93. The number of halogens is 1. The summed E-state index contributed by atoms with van der Waals surface area (Å²) in [5.41, 5.74) is 7.73. The minimum absolute atomic E-state index is 0. The Labute approximate surface area is 141 Å². The summed E-state index contributed by atoms with van der Waals surface area (Å²) in [7, 11) is 0. The van der Waals surface area contributed by atoms with Crippen LogP contribution in [-0.2, 0) is 11.2 Å². The number of rotatable bonds is 10. The maximum Gasteiger partial charge on any atom is 0.220 e. The molecule has 0 radical (unpaired) electrons. The lowest BCUT2D eigenvalue weighted by atomic mass is 9.97. The lowest BCUT2D eigenvalue weighted by Crippen LogP contribution is -2.29. The first-order chi connectivity index (χ1) is 10.2. The molecule has 0 bridgehead atoms. The van der Waals surface area contributed by atoms with Crippen LogP contribution in [0.3, 0.4) is 0 Å². The predicted molar refractivity (Wildman–Crippen MR) is 97.4 cm³/mol. The molecule has 1 rings (SSSR count). The van der Waals surface area contributed by atoms with Gasteiger partial charge in [0, 0.05) is 18.7 Å². The summed E-state index contributed by atoms with van der Waals surface area (Å²) in [6.07, 6.45) is 7.31. The number of aryl methyl sites for hydroxylation is 1. The van der Waals surface area contributed by atoms with Gasteiger partial charge in [0.05, 0.1) is 0 Å². The summed E-state index contributed by atoms with van der Waals surface area (Å²) < 4.78 is 0. The fourth-order valence-corrected chi connectivity index (χ4v) is 2.61. The smallest absolute Gasteiger partial charge is 0.220 e. The Morgan fingerprint density at radius 3 is 2.55 bits per heavy atom. The number of hydrogen-bond acceptors (Lipinski definition) is 2. The van der Waals surface area contributed by atoms with E-state index in [1.165, 1.54) is 32.1 Å². The van der Waals surface area contributed by atoms with Crippen molar-refractivity contribution in [2.45, 2.75) is 58.8 Å². The SMILES string of the molecule is CCCCC(CCC)CNC(=O)CCc1ccccc1N.Cl. The highest BCUT2D eigenvalue weighted by Crippen LogP contribution is 2.15. The summed E-state index contributed by atoms with van der Waals surface area (Å²) in [5.74, 6) is 0.761. The van der Waals surface area contributed by atoms with E-state index in [4.69, 9.17) is 5.73 Å². The summed E-state index contributed by atoms with van der Waals surface area (Å²) in [5, 5.41) is 3.09. The number of anilines is 1. The molecule has 0 aromatic heterocycles. The van der Waals surface area contributed by atoms with Crippen LogP contribution in [0.25, 0.3) is 0 Å². The van der Waals surface area contributed by atoms with Crippen molar-refractivity contribution in [2.75, 3.05) is 12.3 Å². The van der Waals surface area contributed by atoms with Gasteiger partial charge in [0.15, 0.2) is 0 Å². The Morgan fingerprint density at radius 2 is 1.91 bits per heavy atom. The zero-order valence-corrected chi connectivity index (χ0v) is 14.8. The van der Waals surface area contributed by atoms with Crippen LogP contribution >= 0.6 is 12.4 Å². The van der Waals surface area contributed by atoms with Crippen LogP contribution in [0.1, 0.15) is 57.9 Å².